The Balaban J connectivity index is 1.65. The summed E-state index contributed by atoms with van der Waals surface area (Å²) in [7, 11) is -0.619. The monoisotopic (exact) mass is 484 g/mol. The van der Waals surface area contributed by atoms with Crippen LogP contribution >= 0.6 is 0 Å². The first kappa shape index (κ1) is 24.9. The molecule has 0 bridgehead atoms. The molecule has 0 heterocycles. The molecule has 8 nitrogen and oxygen atoms in total. The number of sulfonamides is 1. The molecule has 0 aliphatic heterocycles. The van der Waals surface area contributed by atoms with Crippen molar-refractivity contribution >= 4 is 21.6 Å². The van der Waals surface area contributed by atoms with Crippen molar-refractivity contribution in [3.63, 3.8) is 0 Å². The Morgan fingerprint density at radius 2 is 1.62 bits per heavy atom. The number of rotatable bonds is 11. The van der Waals surface area contributed by atoms with E-state index in [1.165, 1.54) is 18.5 Å². The average Bonchev–Trinajstić information content (AvgIpc) is 2.85. The fourth-order valence-corrected chi connectivity index (χ4v) is 4.14. The summed E-state index contributed by atoms with van der Waals surface area (Å²) in [5.74, 6) is 1.43. The van der Waals surface area contributed by atoms with Crippen LogP contribution in [0, 0.1) is 0 Å². The fourth-order valence-electron chi connectivity index (χ4n) is 3.25. The van der Waals surface area contributed by atoms with Crippen LogP contribution in [0.5, 0.6) is 17.2 Å². The summed E-state index contributed by atoms with van der Waals surface area (Å²) in [5.41, 5.74) is 1.58. The van der Waals surface area contributed by atoms with Crippen LogP contribution in [-0.2, 0) is 16.6 Å². The number of methoxy groups -OCH3 is 2. The van der Waals surface area contributed by atoms with Crippen LogP contribution in [0.3, 0.4) is 0 Å². The van der Waals surface area contributed by atoms with Gasteiger partial charge in [0.1, 0.15) is 23.9 Å². The highest BCUT2D eigenvalue weighted by atomic mass is 32.2. The second-order valence-electron chi connectivity index (χ2n) is 7.42. The number of nitrogens with one attached hydrogen (secondary N) is 1. The van der Waals surface area contributed by atoms with Gasteiger partial charge >= 0.3 is 0 Å². The van der Waals surface area contributed by atoms with Crippen LogP contribution < -0.4 is 23.8 Å². The lowest BCUT2D eigenvalue weighted by atomic mass is 10.1. The molecule has 1 N–H and O–H groups in total. The van der Waals surface area contributed by atoms with Gasteiger partial charge in [-0.2, -0.15) is 0 Å². The van der Waals surface area contributed by atoms with Gasteiger partial charge in [-0.1, -0.05) is 30.3 Å². The smallest absolute Gasteiger partial charge is 0.251 e. The van der Waals surface area contributed by atoms with Crippen LogP contribution in [0.2, 0.25) is 0 Å². The third kappa shape index (κ3) is 6.64. The maximum Gasteiger partial charge on any atom is 0.251 e. The van der Waals surface area contributed by atoms with Crippen molar-refractivity contribution in [1.29, 1.82) is 0 Å². The Hall–Kier alpha value is -3.72. The molecule has 0 radical (unpaired) electrons. The Kier molecular flexibility index (Phi) is 8.37. The highest BCUT2D eigenvalue weighted by Gasteiger charge is 2.22. The topological polar surface area (TPSA) is 94.2 Å². The molecule has 9 heteroatoms. The van der Waals surface area contributed by atoms with Crippen molar-refractivity contribution < 1.29 is 27.4 Å². The minimum atomic E-state index is -3.61. The SMILES string of the molecule is COc1ccc(N(Cc2ccc(C(=O)NCCOc3ccccc3)cc2)S(C)(=O)=O)c(OC)c1. The van der Waals surface area contributed by atoms with Gasteiger partial charge in [-0.25, -0.2) is 8.42 Å². The molecule has 0 aromatic heterocycles. The number of nitrogens with zero attached hydrogens (tertiary/aromatic N) is 1. The first-order valence-corrected chi connectivity index (χ1v) is 12.4. The Morgan fingerprint density at radius 3 is 2.24 bits per heavy atom. The maximum atomic E-state index is 12.5. The van der Waals surface area contributed by atoms with Crippen LogP contribution in [-0.4, -0.2) is 48.0 Å². The van der Waals surface area contributed by atoms with Gasteiger partial charge in [-0.3, -0.25) is 9.10 Å². The molecule has 0 aliphatic rings. The number of para-hydroxylation sites is 1. The summed E-state index contributed by atoms with van der Waals surface area (Å²) in [6.45, 7) is 0.782. The zero-order chi connectivity index (χ0) is 24.6. The van der Waals surface area contributed by atoms with E-state index < -0.39 is 10.0 Å². The summed E-state index contributed by atoms with van der Waals surface area (Å²) in [6, 6.07) is 21.1. The van der Waals surface area contributed by atoms with E-state index in [1.54, 1.807) is 42.5 Å². The molecule has 0 saturated heterocycles. The lowest BCUT2D eigenvalue weighted by molar-refractivity contribution is 0.0947. The molecule has 0 atom stereocenters. The first-order chi connectivity index (χ1) is 16.3. The molecule has 180 valence electrons. The predicted octanol–water partition coefficient (Wildman–Crippen LogP) is 3.48. The van der Waals surface area contributed by atoms with E-state index in [9.17, 15) is 13.2 Å². The Labute approximate surface area is 200 Å². The summed E-state index contributed by atoms with van der Waals surface area (Å²) in [6.07, 6.45) is 1.13. The van der Waals surface area contributed by atoms with Crippen molar-refractivity contribution in [2.45, 2.75) is 6.54 Å². The van der Waals surface area contributed by atoms with Crippen molar-refractivity contribution in [1.82, 2.24) is 5.32 Å². The molecule has 1 amide bonds. The number of amides is 1. The second kappa shape index (κ2) is 11.4. The number of hydrogen-bond acceptors (Lipinski definition) is 6. The van der Waals surface area contributed by atoms with Gasteiger partial charge in [0.15, 0.2) is 0 Å². The van der Waals surface area contributed by atoms with Gasteiger partial charge < -0.3 is 19.5 Å². The standard InChI is InChI=1S/C25H28N2O6S/c1-31-22-13-14-23(24(17-22)32-2)27(34(3,29)30)18-19-9-11-20(12-10-19)25(28)26-15-16-33-21-7-5-4-6-8-21/h4-14,17H,15-16,18H2,1-3H3,(H,26,28). The number of ether oxygens (including phenoxy) is 3. The van der Waals surface area contributed by atoms with Gasteiger partial charge in [0, 0.05) is 11.6 Å². The van der Waals surface area contributed by atoms with E-state index in [1.807, 2.05) is 30.3 Å². The lowest BCUT2D eigenvalue weighted by Crippen LogP contribution is -2.30. The maximum absolute atomic E-state index is 12.5. The van der Waals surface area contributed by atoms with Crippen LogP contribution in [0.15, 0.2) is 72.8 Å². The molecule has 0 saturated carbocycles. The van der Waals surface area contributed by atoms with E-state index in [0.29, 0.717) is 41.5 Å². The predicted molar refractivity (Wildman–Crippen MR) is 131 cm³/mol. The van der Waals surface area contributed by atoms with E-state index in [2.05, 4.69) is 5.32 Å². The van der Waals surface area contributed by atoms with E-state index in [0.717, 1.165) is 12.0 Å². The number of hydrogen-bond donors (Lipinski definition) is 1. The molecule has 3 aromatic rings. The zero-order valence-electron chi connectivity index (χ0n) is 19.4. The van der Waals surface area contributed by atoms with Gasteiger partial charge in [0.2, 0.25) is 10.0 Å². The third-order valence-electron chi connectivity index (χ3n) is 5.00. The van der Waals surface area contributed by atoms with Gasteiger partial charge in [0.25, 0.3) is 5.91 Å². The number of benzene rings is 3. The first-order valence-electron chi connectivity index (χ1n) is 10.6. The summed E-state index contributed by atoms with van der Waals surface area (Å²) in [4.78, 5) is 12.4. The van der Waals surface area contributed by atoms with Gasteiger partial charge in [-0.15, -0.1) is 0 Å². The summed E-state index contributed by atoms with van der Waals surface area (Å²) in [5, 5.41) is 2.81. The molecule has 0 spiro atoms. The van der Waals surface area contributed by atoms with Crippen molar-refractivity contribution in [3.05, 3.63) is 83.9 Å². The Bertz CT molecular complexity index is 1200. The zero-order valence-corrected chi connectivity index (χ0v) is 20.2. The van der Waals surface area contributed by atoms with Crippen LogP contribution in [0.1, 0.15) is 15.9 Å². The Morgan fingerprint density at radius 1 is 0.912 bits per heavy atom. The largest absolute Gasteiger partial charge is 0.497 e. The molecule has 0 fully saturated rings. The van der Waals surface area contributed by atoms with Crippen LogP contribution in [0.25, 0.3) is 0 Å². The van der Waals surface area contributed by atoms with Crippen molar-refractivity contribution in [2.24, 2.45) is 0 Å². The van der Waals surface area contributed by atoms with Crippen molar-refractivity contribution in [2.75, 3.05) is 37.9 Å². The van der Waals surface area contributed by atoms with E-state index in [-0.39, 0.29) is 12.5 Å². The second-order valence-corrected chi connectivity index (χ2v) is 9.33. The minimum absolute atomic E-state index is 0.0777. The highest BCUT2D eigenvalue weighted by Crippen LogP contribution is 2.34. The molecule has 3 rings (SSSR count). The average molecular weight is 485 g/mol. The molecule has 34 heavy (non-hydrogen) atoms. The van der Waals surface area contributed by atoms with Gasteiger partial charge in [0.05, 0.1) is 39.3 Å². The lowest BCUT2D eigenvalue weighted by Gasteiger charge is -2.24. The van der Waals surface area contributed by atoms with Crippen LogP contribution in [0.4, 0.5) is 5.69 Å². The fraction of sp³-hybridized carbons (Fsp3) is 0.240. The number of carbonyl (C=O) groups is 1. The van der Waals surface area contributed by atoms with E-state index >= 15 is 0 Å². The number of carbonyl (C=O) groups excluding carboxylic acids is 1. The quantitative estimate of drug-likeness (QED) is 0.419. The van der Waals surface area contributed by atoms with E-state index in [4.69, 9.17) is 14.2 Å². The molecule has 3 aromatic carbocycles. The molecular weight excluding hydrogens is 456 g/mol. The third-order valence-corrected chi connectivity index (χ3v) is 6.12. The normalized spacial score (nSPS) is 10.9. The number of anilines is 1. The van der Waals surface area contributed by atoms with Gasteiger partial charge in [-0.05, 0) is 42.0 Å². The molecule has 0 unspecified atom stereocenters. The molecular formula is C25H28N2O6S. The highest BCUT2D eigenvalue weighted by molar-refractivity contribution is 7.92. The van der Waals surface area contributed by atoms with Crippen molar-refractivity contribution in [3.8, 4) is 17.2 Å². The summed E-state index contributed by atoms with van der Waals surface area (Å²) >= 11 is 0. The summed E-state index contributed by atoms with van der Waals surface area (Å²) < 4.78 is 42.5. The minimum Gasteiger partial charge on any atom is -0.497 e. The molecule has 0 aliphatic carbocycles.